The van der Waals surface area contributed by atoms with E-state index in [0.29, 0.717) is 5.56 Å². The van der Waals surface area contributed by atoms with Crippen LogP contribution in [0.15, 0.2) is 35.9 Å². The minimum absolute atomic E-state index is 0.0422. The van der Waals surface area contributed by atoms with Crippen molar-refractivity contribution in [2.24, 2.45) is 0 Å². The van der Waals surface area contributed by atoms with Crippen LogP contribution in [0, 0.1) is 6.92 Å². The predicted octanol–water partition coefficient (Wildman–Crippen LogP) is 2.21. The average Bonchev–Trinajstić information content (AvgIpc) is 2.18. The number of hydrogen-bond donors (Lipinski definition) is 1. The van der Waals surface area contributed by atoms with E-state index in [1.807, 2.05) is 19.1 Å². The zero-order valence-corrected chi connectivity index (χ0v) is 8.65. The Morgan fingerprint density at radius 2 is 1.73 bits per heavy atom. The average molecular weight is 204 g/mol. The van der Waals surface area contributed by atoms with E-state index in [0.717, 1.165) is 11.6 Å². The van der Waals surface area contributed by atoms with E-state index >= 15 is 0 Å². The number of carboxylic acids is 1. The van der Waals surface area contributed by atoms with Crippen LogP contribution in [0.1, 0.15) is 22.8 Å². The van der Waals surface area contributed by atoms with Crippen LogP contribution in [-0.2, 0) is 4.79 Å². The summed E-state index contributed by atoms with van der Waals surface area (Å²) in [4.78, 5) is 22.0. The fourth-order valence-corrected chi connectivity index (χ4v) is 1.06. The van der Waals surface area contributed by atoms with Gasteiger partial charge in [0.15, 0.2) is 5.78 Å². The van der Waals surface area contributed by atoms with Crippen molar-refractivity contribution < 1.29 is 14.7 Å². The van der Waals surface area contributed by atoms with Crippen molar-refractivity contribution in [2.45, 2.75) is 13.8 Å². The Morgan fingerprint density at radius 1 is 1.20 bits per heavy atom. The molecule has 0 atom stereocenters. The van der Waals surface area contributed by atoms with E-state index in [1.165, 1.54) is 6.92 Å². The summed E-state index contributed by atoms with van der Waals surface area (Å²) in [7, 11) is 0. The molecule has 0 bridgehead atoms. The summed E-state index contributed by atoms with van der Waals surface area (Å²) in [5.41, 5.74) is 1.60. The summed E-state index contributed by atoms with van der Waals surface area (Å²) in [5, 5.41) is 8.60. The van der Waals surface area contributed by atoms with Crippen molar-refractivity contribution in [1.82, 2.24) is 0 Å². The highest BCUT2D eigenvalue weighted by molar-refractivity contribution is 6.08. The Bertz CT molecular complexity index is 413. The summed E-state index contributed by atoms with van der Waals surface area (Å²) in [5.74, 6) is -1.36. The second kappa shape index (κ2) is 4.55. The number of carbonyl (C=O) groups is 2. The number of allylic oxidation sites excluding steroid dienone is 1. The minimum Gasteiger partial charge on any atom is -0.478 e. The van der Waals surface area contributed by atoms with Gasteiger partial charge in [-0.15, -0.1) is 0 Å². The molecule has 0 aliphatic carbocycles. The van der Waals surface area contributed by atoms with Crippen molar-refractivity contribution in [3.05, 3.63) is 47.0 Å². The first-order valence-electron chi connectivity index (χ1n) is 4.53. The number of ketones is 1. The van der Waals surface area contributed by atoms with Gasteiger partial charge in [0, 0.05) is 11.1 Å². The first kappa shape index (κ1) is 11.2. The van der Waals surface area contributed by atoms with Crippen LogP contribution in [0.3, 0.4) is 0 Å². The second-order valence-corrected chi connectivity index (χ2v) is 3.36. The Hall–Kier alpha value is -1.90. The van der Waals surface area contributed by atoms with Crippen LogP contribution in [0.4, 0.5) is 0 Å². The maximum atomic E-state index is 11.5. The molecule has 1 aromatic rings. The lowest BCUT2D eigenvalue weighted by Crippen LogP contribution is -2.01. The normalized spacial score (nSPS) is 11.2. The minimum atomic E-state index is -1.07. The second-order valence-electron chi connectivity index (χ2n) is 3.36. The summed E-state index contributed by atoms with van der Waals surface area (Å²) >= 11 is 0. The molecule has 1 rings (SSSR count). The Morgan fingerprint density at radius 3 is 2.20 bits per heavy atom. The third-order valence-corrected chi connectivity index (χ3v) is 2.02. The van der Waals surface area contributed by atoms with Gasteiger partial charge < -0.3 is 5.11 Å². The number of carbonyl (C=O) groups excluding carboxylic acids is 1. The zero-order valence-electron chi connectivity index (χ0n) is 8.65. The fraction of sp³-hybridized carbons (Fsp3) is 0.167. The largest absolute Gasteiger partial charge is 0.478 e. The molecule has 0 unspecified atom stereocenters. The van der Waals surface area contributed by atoms with Crippen molar-refractivity contribution in [3.63, 3.8) is 0 Å². The van der Waals surface area contributed by atoms with E-state index < -0.39 is 5.97 Å². The van der Waals surface area contributed by atoms with Gasteiger partial charge in [-0.1, -0.05) is 29.8 Å². The number of carboxylic acid groups (broad SMARTS) is 1. The van der Waals surface area contributed by atoms with Crippen LogP contribution < -0.4 is 0 Å². The van der Waals surface area contributed by atoms with E-state index in [1.54, 1.807) is 12.1 Å². The predicted molar refractivity (Wildman–Crippen MR) is 56.9 cm³/mol. The number of aryl methyl sites for hydroxylation is 1. The zero-order chi connectivity index (χ0) is 11.4. The Kier molecular flexibility index (Phi) is 3.39. The lowest BCUT2D eigenvalue weighted by atomic mass is 10.1. The van der Waals surface area contributed by atoms with Gasteiger partial charge in [-0.25, -0.2) is 4.79 Å². The molecule has 0 heterocycles. The summed E-state index contributed by atoms with van der Waals surface area (Å²) in [6, 6.07) is 7.00. The van der Waals surface area contributed by atoms with Crippen LogP contribution >= 0.6 is 0 Å². The third kappa shape index (κ3) is 3.06. The maximum absolute atomic E-state index is 11.5. The fourth-order valence-electron chi connectivity index (χ4n) is 1.06. The van der Waals surface area contributed by atoms with Gasteiger partial charge in [0.05, 0.1) is 0 Å². The molecule has 0 aliphatic rings. The molecule has 0 saturated carbocycles. The van der Waals surface area contributed by atoms with Gasteiger partial charge in [0.2, 0.25) is 0 Å². The van der Waals surface area contributed by atoms with E-state index in [-0.39, 0.29) is 11.4 Å². The molecular formula is C12H12O3. The van der Waals surface area contributed by atoms with E-state index in [2.05, 4.69) is 0 Å². The highest BCUT2D eigenvalue weighted by atomic mass is 16.4. The smallest absolute Gasteiger partial charge is 0.331 e. The highest BCUT2D eigenvalue weighted by Crippen LogP contribution is 2.06. The number of aliphatic carboxylic acids is 1. The molecule has 0 aromatic heterocycles. The van der Waals surface area contributed by atoms with Crippen LogP contribution in [0.5, 0.6) is 0 Å². The van der Waals surface area contributed by atoms with Crippen molar-refractivity contribution in [3.8, 4) is 0 Å². The van der Waals surface area contributed by atoms with Crippen molar-refractivity contribution in [1.29, 1.82) is 0 Å². The van der Waals surface area contributed by atoms with Crippen LogP contribution in [0.25, 0.3) is 0 Å². The first-order valence-corrected chi connectivity index (χ1v) is 4.53. The summed E-state index contributed by atoms with van der Waals surface area (Å²) in [6.07, 6.45) is 1.13. The van der Waals surface area contributed by atoms with E-state index in [9.17, 15) is 9.59 Å². The van der Waals surface area contributed by atoms with Crippen molar-refractivity contribution >= 4 is 11.8 Å². The maximum Gasteiger partial charge on any atom is 0.331 e. The molecule has 15 heavy (non-hydrogen) atoms. The third-order valence-electron chi connectivity index (χ3n) is 2.02. The molecular weight excluding hydrogens is 192 g/mol. The molecule has 0 amide bonds. The molecule has 1 aromatic carbocycles. The molecule has 0 aliphatic heterocycles. The molecule has 3 heteroatoms. The topological polar surface area (TPSA) is 54.4 Å². The molecule has 1 N–H and O–H groups in total. The first-order chi connectivity index (χ1) is 7.00. The highest BCUT2D eigenvalue weighted by Gasteiger charge is 2.06. The number of rotatable bonds is 3. The SMILES string of the molecule is CC(=CC(=O)c1ccc(C)cc1)C(=O)O. The lowest BCUT2D eigenvalue weighted by molar-refractivity contribution is -0.132. The molecule has 0 spiro atoms. The Balaban J connectivity index is 2.91. The van der Waals surface area contributed by atoms with Gasteiger partial charge in [-0.05, 0) is 19.9 Å². The van der Waals surface area contributed by atoms with Gasteiger partial charge in [-0.3, -0.25) is 4.79 Å². The van der Waals surface area contributed by atoms with E-state index in [4.69, 9.17) is 5.11 Å². The molecule has 0 saturated heterocycles. The number of hydrogen-bond acceptors (Lipinski definition) is 2. The summed E-state index contributed by atoms with van der Waals surface area (Å²) in [6.45, 7) is 3.32. The van der Waals surface area contributed by atoms with Crippen LogP contribution in [-0.4, -0.2) is 16.9 Å². The molecule has 0 radical (unpaired) electrons. The van der Waals surface area contributed by atoms with Crippen molar-refractivity contribution in [2.75, 3.05) is 0 Å². The van der Waals surface area contributed by atoms with Crippen LogP contribution in [0.2, 0.25) is 0 Å². The summed E-state index contributed by atoms with van der Waals surface area (Å²) < 4.78 is 0. The quantitative estimate of drug-likeness (QED) is 0.606. The van der Waals surface area contributed by atoms with Gasteiger partial charge >= 0.3 is 5.97 Å². The Labute approximate surface area is 88.0 Å². The lowest BCUT2D eigenvalue weighted by Gasteiger charge is -1.97. The van der Waals surface area contributed by atoms with Gasteiger partial charge in [0.1, 0.15) is 0 Å². The molecule has 78 valence electrons. The van der Waals surface area contributed by atoms with Gasteiger partial charge in [-0.2, -0.15) is 0 Å². The monoisotopic (exact) mass is 204 g/mol. The molecule has 3 nitrogen and oxygen atoms in total. The number of benzene rings is 1. The van der Waals surface area contributed by atoms with Gasteiger partial charge in [0.25, 0.3) is 0 Å². The molecule has 0 fully saturated rings. The standard InChI is InChI=1S/C12H12O3/c1-8-3-5-10(6-4-8)11(13)7-9(2)12(14)15/h3-7H,1-2H3,(H,14,15).